The Morgan fingerprint density at radius 3 is 2.50 bits per heavy atom. The molecule has 1 heterocycles. The zero-order valence-electron chi connectivity index (χ0n) is 14.7. The molecule has 0 radical (unpaired) electrons. The molecule has 0 saturated carbocycles. The van der Waals surface area contributed by atoms with Crippen molar-refractivity contribution in [1.29, 1.82) is 0 Å². The highest BCUT2D eigenvalue weighted by Gasteiger charge is 2.14. The number of likely N-dealkylation sites (tertiary alicyclic amines) is 1. The lowest BCUT2D eigenvalue weighted by molar-refractivity contribution is 0.0707. The van der Waals surface area contributed by atoms with Crippen molar-refractivity contribution in [3.05, 3.63) is 28.8 Å². The SMILES string of the molecule is Cc1cc(C)c(C)c(OCCOCCN2CCC(C)CC2)c1. The third kappa shape index (κ3) is 5.29. The minimum Gasteiger partial charge on any atom is -0.491 e. The quantitative estimate of drug-likeness (QED) is 0.716. The maximum Gasteiger partial charge on any atom is 0.122 e. The van der Waals surface area contributed by atoms with Crippen LogP contribution in [-0.4, -0.2) is 44.4 Å². The summed E-state index contributed by atoms with van der Waals surface area (Å²) in [6.45, 7) is 14.3. The lowest BCUT2D eigenvalue weighted by Crippen LogP contribution is -2.35. The van der Waals surface area contributed by atoms with E-state index in [1.165, 1.54) is 42.6 Å². The lowest BCUT2D eigenvalue weighted by Gasteiger charge is -2.29. The van der Waals surface area contributed by atoms with Crippen LogP contribution in [0.1, 0.15) is 36.5 Å². The standard InChI is InChI=1S/C19H31NO2/c1-15-5-7-20(8-6-15)9-10-21-11-12-22-19-14-16(2)13-17(3)18(19)4/h13-15H,5-12H2,1-4H3. The van der Waals surface area contributed by atoms with Gasteiger partial charge >= 0.3 is 0 Å². The van der Waals surface area contributed by atoms with Gasteiger partial charge in [-0.1, -0.05) is 13.0 Å². The first-order valence-electron chi connectivity index (χ1n) is 8.57. The van der Waals surface area contributed by atoms with Gasteiger partial charge in [-0.15, -0.1) is 0 Å². The van der Waals surface area contributed by atoms with Gasteiger partial charge in [0.1, 0.15) is 12.4 Å². The maximum absolute atomic E-state index is 5.87. The van der Waals surface area contributed by atoms with E-state index >= 15 is 0 Å². The van der Waals surface area contributed by atoms with E-state index in [0.29, 0.717) is 13.2 Å². The third-order valence-electron chi connectivity index (χ3n) is 4.68. The molecule has 1 aliphatic rings. The van der Waals surface area contributed by atoms with Gasteiger partial charge in [-0.3, -0.25) is 0 Å². The van der Waals surface area contributed by atoms with Crippen LogP contribution in [0.3, 0.4) is 0 Å². The van der Waals surface area contributed by atoms with E-state index in [1.54, 1.807) is 0 Å². The van der Waals surface area contributed by atoms with Gasteiger partial charge in [0.15, 0.2) is 0 Å². The van der Waals surface area contributed by atoms with Crippen molar-refractivity contribution in [2.75, 3.05) is 39.5 Å². The molecule has 3 nitrogen and oxygen atoms in total. The van der Waals surface area contributed by atoms with Gasteiger partial charge in [-0.05, 0) is 75.4 Å². The largest absolute Gasteiger partial charge is 0.491 e. The van der Waals surface area contributed by atoms with Gasteiger partial charge in [-0.2, -0.15) is 0 Å². The van der Waals surface area contributed by atoms with Gasteiger partial charge in [0.05, 0.1) is 13.2 Å². The van der Waals surface area contributed by atoms with E-state index < -0.39 is 0 Å². The van der Waals surface area contributed by atoms with Crippen molar-refractivity contribution in [1.82, 2.24) is 4.90 Å². The van der Waals surface area contributed by atoms with Crippen LogP contribution in [-0.2, 0) is 4.74 Å². The summed E-state index contributed by atoms with van der Waals surface area (Å²) in [7, 11) is 0. The second kappa shape index (κ2) is 8.54. The monoisotopic (exact) mass is 305 g/mol. The Kier molecular flexibility index (Phi) is 6.71. The number of benzene rings is 1. The molecule has 0 N–H and O–H groups in total. The molecule has 0 amide bonds. The molecule has 3 heteroatoms. The number of aryl methyl sites for hydroxylation is 2. The third-order valence-corrected chi connectivity index (χ3v) is 4.68. The average Bonchev–Trinajstić information content (AvgIpc) is 2.49. The van der Waals surface area contributed by atoms with Crippen molar-refractivity contribution < 1.29 is 9.47 Å². The van der Waals surface area contributed by atoms with E-state index in [2.05, 4.69) is 44.7 Å². The van der Waals surface area contributed by atoms with Crippen LogP contribution in [0.15, 0.2) is 12.1 Å². The van der Waals surface area contributed by atoms with Crippen LogP contribution in [0.4, 0.5) is 0 Å². The second-order valence-electron chi connectivity index (χ2n) is 6.69. The summed E-state index contributed by atoms with van der Waals surface area (Å²) in [6.07, 6.45) is 2.66. The molecular formula is C19H31NO2. The fraction of sp³-hybridized carbons (Fsp3) is 0.684. The van der Waals surface area contributed by atoms with Crippen molar-refractivity contribution in [2.45, 2.75) is 40.5 Å². The Balaban J connectivity index is 1.60. The topological polar surface area (TPSA) is 21.7 Å². The average molecular weight is 305 g/mol. The Morgan fingerprint density at radius 1 is 1.05 bits per heavy atom. The van der Waals surface area contributed by atoms with E-state index in [4.69, 9.17) is 9.47 Å². The van der Waals surface area contributed by atoms with E-state index in [0.717, 1.165) is 24.8 Å². The first-order chi connectivity index (χ1) is 10.6. The molecule has 1 fully saturated rings. The molecular weight excluding hydrogens is 274 g/mol. The fourth-order valence-electron chi connectivity index (χ4n) is 2.94. The maximum atomic E-state index is 5.87. The second-order valence-corrected chi connectivity index (χ2v) is 6.69. The van der Waals surface area contributed by atoms with Crippen molar-refractivity contribution >= 4 is 0 Å². The molecule has 124 valence electrons. The number of hydrogen-bond acceptors (Lipinski definition) is 3. The predicted molar refractivity (Wildman–Crippen MR) is 91.8 cm³/mol. The Labute approximate surface area is 135 Å². The van der Waals surface area contributed by atoms with Gasteiger partial charge in [-0.25, -0.2) is 0 Å². The van der Waals surface area contributed by atoms with Gasteiger partial charge < -0.3 is 14.4 Å². The van der Waals surface area contributed by atoms with Crippen LogP contribution >= 0.6 is 0 Å². The molecule has 0 aliphatic carbocycles. The number of hydrogen-bond donors (Lipinski definition) is 0. The molecule has 0 bridgehead atoms. The summed E-state index contributed by atoms with van der Waals surface area (Å²) < 4.78 is 11.6. The Bertz CT molecular complexity index is 465. The minimum absolute atomic E-state index is 0.626. The van der Waals surface area contributed by atoms with E-state index in [9.17, 15) is 0 Å². The summed E-state index contributed by atoms with van der Waals surface area (Å²) in [6, 6.07) is 4.30. The zero-order chi connectivity index (χ0) is 15.9. The normalized spacial score (nSPS) is 16.9. The molecule has 0 spiro atoms. The lowest BCUT2D eigenvalue weighted by atomic mass is 9.99. The van der Waals surface area contributed by atoms with Crippen LogP contribution in [0.5, 0.6) is 5.75 Å². The molecule has 2 rings (SSSR count). The molecule has 1 saturated heterocycles. The molecule has 1 aliphatic heterocycles. The van der Waals surface area contributed by atoms with Crippen molar-refractivity contribution in [3.63, 3.8) is 0 Å². The van der Waals surface area contributed by atoms with E-state index in [-0.39, 0.29) is 0 Å². The number of rotatable bonds is 7. The van der Waals surface area contributed by atoms with Crippen LogP contribution in [0.25, 0.3) is 0 Å². The number of ether oxygens (including phenoxy) is 2. The first kappa shape index (κ1) is 17.3. The van der Waals surface area contributed by atoms with Crippen LogP contribution in [0, 0.1) is 26.7 Å². The number of nitrogens with zero attached hydrogens (tertiary/aromatic N) is 1. The first-order valence-corrected chi connectivity index (χ1v) is 8.57. The minimum atomic E-state index is 0.626. The summed E-state index contributed by atoms with van der Waals surface area (Å²) in [5.74, 6) is 1.89. The number of piperidine rings is 1. The summed E-state index contributed by atoms with van der Waals surface area (Å²) >= 11 is 0. The van der Waals surface area contributed by atoms with E-state index in [1.807, 2.05) is 0 Å². The van der Waals surface area contributed by atoms with Crippen molar-refractivity contribution in [2.24, 2.45) is 5.92 Å². The van der Waals surface area contributed by atoms with Gasteiger partial charge in [0.2, 0.25) is 0 Å². The Morgan fingerprint density at radius 2 is 1.77 bits per heavy atom. The molecule has 1 aromatic rings. The van der Waals surface area contributed by atoms with Crippen molar-refractivity contribution in [3.8, 4) is 5.75 Å². The van der Waals surface area contributed by atoms with Gasteiger partial charge in [0.25, 0.3) is 0 Å². The molecule has 0 aromatic heterocycles. The van der Waals surface area contributed by atoms with Crippen LogP contribution in [0.2, 0.25) is 0 Å². The smallest absolute Gasteiger partial charge is 0.122 e. The highest BCUT2D eigenvalue weighted by Crippen LogP contribution is 2.23. The molecule has 0 unspecified atom stereocenters. The molecule has 22 heavy (non-hydrogen) atoms. The summed E-state index contributed by atoms with van der Waals surface area (Å²) in [5.41, 5.74) is 3.77. The Hall–Kier alpha value is -1.06. The molecule has 1 aromatic carbocycles. The highest BCUT2D eigenvalue weighted by molar-refractivity contribution is 5.41. The summed E-state index contributed by atoms with van der Waals surface area (Å²) in [4.78, 5) is 2.51. The zero-order valence-corrected chi connectivity index (χ0v) is 14.7. The molecule has 0 atom stereocenters. The predicted octanol–water partition coefficient (Wildman–Crippen LogP) is 3.74. The fourth-order valence-corrected chi connectivity index (χ4v) is 2.94. The van der Waals surface area contributed by atoms with Crippen LogP contribution < -0.4 is 4.74 Å². The van der Waals surface area contributed by atoms with Gasteiger partial charge in [0, 0.05) is 6.54 Å². The highest BCUT2D eigenvalue weighted by atomic mass is 16.5. The summed E-state index contributed by atoms with van der Waals surface area (Å²) in [5, 5.41) is 0.